The van der Waals surface area contributed by atoms with Gasteiger partial charge in [0.2, 0.25) is 0 Å². The molecule has 0 radical (unpaired) electrons. The van der Waals surface area contributed by atoms with Crippen LogP contribution in [0.5, 0.6) is 0 Å². The molecule has 170 valence electrons. The van der Waals surface area contributed by atoms with Crippen molar-refractivity contribution in [1.29, 1.82) is 0 Å². The van der Waals surface area contributed by atoms with Crippen molar-refractivity contribution in [2.45, 2.75) is 37.9 Å². The van der Waals surface area contributed by atoms with Gasteiger partial charge in [-0.25, -0.2) is 0 Å². The van der Waals surface area contributed by atoms with Gasteiger partial charge in [-0.1, -0.05) is 0 Å². The van der Waals surface area contributed by atoms with E-state index in [-0.39, 0.29) is 28.3 Å². The zero-order chi connectivity index (χ0) is 22.2. The van der Waals surface area contributed by atoms with Crippen LogP contribution in [0.3, 0.4) is 0 Å². The number of benzene rings is 1. The summed E-state index contributed by atoms with van der Waals surface area (Å²) in [6.45, 7) is 6.17. The zero-order valence-electron chi connectivity index (χ0n) is 17.7. The molecule has 3 heterocycles. The van der Waals surface area contributed by atoms with Crippen LogP contribution in [0.1, 0.15) is 41.7 Å². The number of amides is 1. The standard InChI is InChI=1S/C21H29F3N6O/c1-28-17-13-14(25)12-16(21(22,23)24)18(17)19(27-28)20(31)26-15-4-8-30(9-5-15)11-10-29-6-2-3-7-29/h12-13,15H,2-11,25H2,1H3,(H,26,31). The molecule has 0 unspecified atom stereocenters. The largest absolute Gasteiger partial charge is 0.417 e. The fourth-order valence-corrected chi connectivity index (χ4v) is 4.63. The minimum absolute atomic E-state index is 0.0175. The lowest BCUT2D eigenvalue weighted by atomic mass is 10.0. The van der Waals surface area contributed by atoms with E-state index in [4.69, 9.17) is 5.73 Å². The van der Waals surface area contributed by atoms with E-state index in [0.717, 1.165) is 45.1 Å². The SMILES string of the molecule is Cn1nc(C(=O)NC2CCN(CCN3CCCC3)CC2)c2c(C(F)(F)F)cc(N)cc21. The smallest absolute Gasteiger partial charge is 0.399 e. The molecule has 2 fully saturated rings. The Hall–Kier alpha value is -2.33. The van der Waals surface area contributed by atoms with Crippen LogP contribution in [-0.4, -0.2) is 70.8 Å². The number of anilines is 1. The van der Waals surface area contributed by atoms with Crippen LogP contribution >= 0.6 is 0 Å². The maximum Gasteiger partial charge on any atom is 0.417 e. The number of aromatic nitrogens is 2. The highest BCUT2D eigenvalue weighted by atomic mass is 19.4. The first-order valence-electron chi connectivity index (χ1n) is 10.8. The molecule has 3 N–H and O–H groups in total. The molecule has 0 bridgehead atoms. The number of nitrogens with two attached hydrogens (primary N) is 1. The van der Waals surface area contributed by atoms with E-state index in [9.17, 15) is 18.0 Å². The van der Waals surface area contributed by atoms with Gasteiger partial charge in [0, 0.05) is 50.3 Å². The van der Waals surface area contributed by atoms with Crippen molar-refractivity contribution in [1.82, 2.24) is 24.9 Å². The van der Waals surface area contributed by atoms with Gasteiger partial charge in [-0.05, 0) is 50.9 Å². The molecule has 7 nitrogen and oxygen atoms in total. The van der Waals surface area contributed by atoms with Gasteiger partial charge in [-0.3, -0.25) is 9.48 Å². The molecular weight excluding hydrogens is 409 g/mol. The molecule has 2 aromatic rings. The number of alkyl halides is 3. The fourth-order valence-electron chi connectivity index (χ4n) is 4.63. The Morgan fingerprint density at radius 1 is 1.13 bits per heavy atom. The number of rotatable bonds is 5. The van der Waals surface area contributed by atoms with E-state index >= 15 is 0 Å². The number of halogens is 3. The molecule has 2 aliphatic rings. The number of nitrogen functional groups attached to an aromatic ring is 1. The highest BCUT2D eigenvalue weighted by molar-refractivity contribution is 6.07. The summed E-state index contributed by atoms with van der Waals surface area (Å²) >= 11 is 0. The lowest BCUT2D eigenvalue weighted by molar-refractivity contribution is -0.136. The number of nitrogens with one attached hydrogen (secondary N) is 1. The average Bonchev–Trinajstić information content (AvgIpc) is 3.34. The second-order valence-corrected chi connectivity index (χ2v) is 8.57. The highest BCUT2D eigenvalue weighted by Crippen LogP contribution is 2.38. The van der Waals surface area contributed by atoms with Crippen LogP contribution in [0, 0.1) is 0 Å². The molecule has 10 heteroatoms. The minimum Gasteiger partial charge on any atom is -0.399 e. The van der Waals surface area contributed by atoms with E-state index < -0.39 is 17.6 Å². The molecule has 2 saturated heterocycles. The maximum absolute atomic E-state index is 13.6. The summed E-state index contributed by atoms with van der Waals surface area (Å²) in [7, 11) is 1.51. The normalized spacial score (nSPS) is 19.4. The van der Waals surface area contributed by atoms with Crippen LogP contribution in [0.15, 0.2) is 12.1 Å². The van der Waals surface area contributed by atoms with E-state index in [1.54, 1.807) is 0 Å². The average molecular weight is 438 g/mol. The molecule has 31 heavy (non-hydrogen) atoms. The summed E-state index contributed by atoms with van der Waals surface area (Å²) in [5.74, 6) is -0.573. The van der Waals surface area contributed by atoms with Gasteiger partial charge < -0.3 is 20.9 Å². The van der Waals surface area contributed by atoms with E-state index in [1.807, 2.05) is 0 Å². The number of carbonyl (C=O) groups is 1. The third-order valence-electron chi connectivity index (χ3n) is 6.35. The Morgan fingerprint density at radius 3 is 2.35 bits per heavy atom. The molecule has 0 saturated carbocycles. The Kier molecular flexibility index (Phi) is 6.11. The molecular formula is C21H29F3N6O. The lowest BCUT2D eigenvalue weighted by Gasteiger charge is -2.33. The number of nitrogens with zero attached hydrogens (tertiary/aromatic N) is 4. The van der Waals surface area contributed by atoms with Crippen molar-refractivity contribution in [2.24, 2.45) is 7.05 Å². The van der Waals surface area contributed by atoms with Gasteiger partial charge >= 0.3 is 6.18 Å². The summed E-state index contributed by atoms with van der Waals surface area (Å²) in [6, 6.07) is 2.20. The predicted octanol–water partition coefficient (Wildman–Crippen LogP) is 2.46. The minimum atomic E-state index is -4.63. The van der Waals surface area contributed by atoms with Crippen molar-refractivity contribution in [3.8, 4) is 0 Å². The van der Waals surface area contributed by atoms with Gasteiger partial charge in [0.15, 0.2) is 5.69 Å². The summed E-state index contributed by atoms with van der Waals surface area (Å²) in [5.41, 5.74) is 4.68. The summed E-state index contributed by atoms with van der Waals surface area (Å²) in [5, 5.41) is 6.79. The van der Waals surface area contributed by atoms with Crippen LogP contribution in [0.2, 0.25) is 0 Å². The number of likely N-dealkylation sites (tertiary alicyclic amines) is 2. The Morgan fingerprint density at radius 2 is 1.74 bits per heavy atom. The van der Waals surface area contributed by atoms with Gasteiger partial charge in [0.05, 0.1) is 11.1 Å². The highest BCUT2D eigenvalue weighted by Gasteiger charge is 2.36. The monoisotopic (exact) mass is 438 g/mol. The first-order valence-corrected chi connectivity index (χ1v) is 10.8. The first-order chi connectivity index (χ1) is 14.7. The predicted molar refractivity (Wildman–Crippen MR) is 113 cm³/mol. The number of hydrogen-bond donors (Lipinski definition) is 2. The third-order valence-corrected chi connectivity index (χ3v) is 6.35. The maximum atomic E-state index is 13.6. The fraction of sp³-hybridized carbons (Fsp3) is 0.619. The topological polar surface area (TPSA) is 79.4 Å². The quantitative estimate of drug-likeness (QED) is 0.702. The molecule has 4 rings (SSSR count). The van der Waals surface area contributed by atoms with E-state index in [1.165, 1.54) is 43.7 Å². The zero-order valence-corrected chi connectivity index (χ0v) is 17.7. The van der Waals surface area contributed by atoms with Gasteiger partial charge in [-0.2, -0.15) is 18.3 Å². The van der Waals surface area contributed by atoms with Crippen molar-refractivity contribution < 1.29 is 18.0 Å². The number of carbonyl (C=O) groups excluding carboxylic acids is 1. The van der Waals surface area contributed by atoms with Crippen LogP contribution in [0.25, 0.3) is 10.9 Å². The van der Waals surface area contributed by atoms with Crippen LogP contribution in [0.4, 0.5) is 18.9 Å². The summed E-state index contributed by atoms with van der Waals surface area (Å²) < 4.78 is 42.1. The molecule has 2 aliphatic heterocycles. The molecule has 0 atom stereocenters. The van der Waals surface area contributed by atoms with E-state index in [0.29, 0.717) is 0 Å². The van der Waals surface area contributed by atoms with Gasteiger partial charge in [0.25, 0.3) is 5.91 Å². The number of fused-ring (bicyclic) bond motifs is 1. The van der Waals surface area contributed by atoms with Crippen LogP contribution < -0.4 is 11.1 Å². The molecule has 1 aromatic carbocycles. The van der Waals surface area contributed by atoms with Gasteiger partial charge in [0.1, 0.15) is 0 Å². The number of hydrogen-bond acceptors (Lipinski definition) is 5. The Balaban J connectivity index is 1.42. The van der Waals surface area contributed by atoms with E-state index in [2.05, 4.69) is 20.2 Å². The molecule has 0 aliphatic carbocycles. The molecule has 0 spiro atoms. The van der Waals surface area contributed by atoms with Crippen molar-refractivity contribution in [3.63, 3.8) is 0 Å². The molecule has 1 aromatic heterocycles. The lowest BCUT2D eigenvalue weighted by Crippen LogP contribution is -2.46. The first kappa shape index (κ1) is 21.9. The number of piperidine rings is 1. The van der Waals surface area contributed by atoms with Gasteiger partial charge in [-0.15, -0.1) is 0 Å². The second-order valence-electron chi connectivity index (χ2n) is 8.57. The third kappa shape index (κ3) is 4.79. The summed E-state index contributed by atoms with van der Waals surface area (Å²) in [4.78, 5) is 17.7. The summed E-state index contributed by atoms with van der Waals surface area (Å²) in [6.07, 6.45) is -0.532. The van der Waals surface area contributed by atoms with Crippen molar-refractivity contribution >= 4 is 22.5 Å². The molecule has 1 amide bonds. The second kappa shape index (κ2) is 8.66. The number of aryl methyl sites for hydroxylation is 1. The van der Waals surface area contributed by atoms with Crippen LogP contribution in [-0.2, 0) is 13.2 Å². The van der Waals surface area contributed by atoms with Crippen molar-refractivity contribution in [2.75, 3.05) is 45.0 Å². The van der Waals surface area contributed by atoms with Crippen molar-refractivity contribution in [3.05, 3.63) is 23.4 Å². The Bertz CT molecular complexity index is 943. The Labute approximate surface area is 179 Å².